The number of hydrogen-bond donors (Lipinski definition) is 1. The molecule has 0 unspecified atom stereocenters. The number of hydrogen-bond acceptors (Lipinski definition) is 4. The Labute approximate surface area is 82.3 Å². The molecule has 0 radical (unpaired) electrons. The van der Waals surface area contributed by atoms with Crippen molar-refractivity contribution in [1.29, 1.82) is 0 Å². The average molecular weight is 192 g/mol. The Balaban J connectivity index is 2.53. The van der Waals surface area contributed by atoms with Gasteiger partial charge in [-0.05, 0) is 6.07 Å². The van der Waals surface area contributed by atoms with Gasteiger partial charge in [-0.1, -0.05) is 6.07 Å². The Hall–Kier alpha value is -1.75. The maximum Gasteiger partial charge on any atom is 0.148 e. The van der Waals surface area contributed by atoms with Gasteiger partial charge >= 0.3 is 0 Å². The second-order valence-corrected chi connectivity index (χ2v) is 2.56. The van der Waals surface area contributed by atoms with E-state index >= 15 is 0 Å². The number of aromatic nitrogens is 1. The number of nitrogens with zero attached hydrogens (tertiary/aromatic N) is 3. The fourth-order valence-electron chi connectivity index (χ4n) is 0.799. The molecule has 0 amide bonds. The molecule has 1 aromatic heterocycles. The number of methoxy groups -OCH3 is 1. The molecule has 0 spiro atoms. The molecule has 1 rings (SSSR count). The highest BCUT2D eigenvalue weighted by Crippen LogP contribution is 1.90. The van der Waals surface area contributed by atoms with E-state index in [0.717, 1.165) is 5.56 Å². The zero-order valence-corrected chi connectivity index (χ0v) is 7.92. The van der Waals surface area contributed by atoms with Gasteiger partial charge in [0.1, 0.15) is 12.4 Å². The highest BCUT2D eigenvalue weighted by Gasteiger charge is 1.87. The Kier molecular flexibility index (Phi) is 4.30. The smallest absolute Gasteiger partial charge is 0.148 e. The lowest BCUT2D eigenvalue weighted by molar-refractivity contribution is 0.244. The average Bonchev–Trinajstić information content (AvgIpc) is 2.20. The summed E-state index contributed by atoms with van der Waals surface area (Å²) < 4.78 is 4.76. The Morgan fingerprint density at radius 1 is 1.71 bits per heavy atom. The van der Waals surface area contributed by atoms with E-state index in [1.807, 2.05) is 12.1 Å². The van der Waals surface area contributed by atoms with Crippen LogP contribution in [0.25, 0.3) is 0 Å². The number of amidine groups is 1. The van der Waals surface area contributed by atoms with Crippen LogP contribution in [0, 0.1) is 0 Å². The lowest BCUT2D eigenvalue weighted by Gasteiger charge is -1.93. The van der Waals surface area contributed by atoms with Crippen molar-refractivity contribution in [2.24, 2.45) is 15.9 Å². The maximum absolute atomic E-state index is 5.44. The van der Waals surface area contributed by atoms with E-state index in [1.54, 1.807) is 25.7 Å². The summed E-state index contributed by atoms with van der Waals surface area (Å²) in [6.07, 6.45) is 4.96. The molecule has 74 valence electrons. The highest BCUT2D eigenvalue weighted by molar-refractivity contribution is 5.83. The summed E-state index contributed by atoms with van der Waals surface area (Å²) >= 11 is 0. The third-order valence-corrected chi connectivity index (χ3v) is 1.37. The third-order valence-electron chi connectivity index (χ3n) is 1.37. The summed E-state index contributed by atoms with van der Waals surface area (Å²) in [6.45, 7) is 0.282. The van der Waals surface area contributed by atoms with Crippen molar-refractivity contribution in [3.63, 3.8) is 0 Å². The molecular weight excluding hydrogens is 180 g/mol. The number of ether oxygens (including phenoxy) is 1. The van der Waals surface area contributed by atoms with Gasteiger partial charge in [0, 0.05) is 25.1 Å². The molecule has 14 heavy (non-hydrogen) atoms. The van der Waals surface area contributed by atoms with Gasteiger partial charge in [0.25, 0.3) is 0 Å². The van der Waals surface area contributed by atoms with Crippen molar-refractivity contribution in [3.8, 4) is 0 Å². The van der Waals surface area contributed by atoms with E-state index in [0.29, 0.717) is 5.84 Å². The van der Waals surface area contributed by atoms with Crippen LogP contribution in [0.2, 0.25) is 0 Å². The normalized spacial score (nSPS) is 12.2. The Morgan fingerprint density at radius 3 is 3.21 bits per heavy atom. The predicted octanol–water partition coefficient (Wildman–Crippen LogP) is 0.419. The molecule has 0 saturated carbocycles. The minimum Gasteiger partial charge on any atom is -0.384 e. The van der Waals surface area contributed by atoms with Crippen molar-refractivity contribution in [3.05, 3.63) is 30.1 Å². The van der Waals surface area contributed by atoms with Crippen molar-refractivity contribution in [2.45, 2.75) is 0 Å². The van der Waals surface area contributed by atoms with Crippen LogP contribution in [0.1, 0.15) is 5.56 Å². The summed E-state index contributed by atoms with van der Waals surface area (Å²) in [6, 6.07) is 3.70. The lowest BCUT2D eigenvalue weighted by atomic mass is 10.3. The molecule has 0 bridgehead atoms. The molecule has 0 fully saturated rings. The molecule has 0 aliphatic rings. The molecule has 0 saturated heterocycles. The molecule has 1 heterocycles. The molecular formula is C9H12N4O. The van der Waals surface area contributed by atoms with Crippen molar-refractivity contribution in [1.82, 2.24) is 4.98 Å². The topological polar surface area (TPSA) is 72.9 Å². The monoisotopic (exact) mass is 192 g/mol. The van der Waals surface area contributed by atoms with E-state index in [-0.39, 0.29) is 6.61 Å². The van der Waals surface area contributed by atoms with E-state index in [2.05, 4.69) is 15.2 Å². The summed E-state index contributed by atoms with van der Waals surface area (Å²) in [5.74, 6) is 0.340. The molecule has 0 aliphatic heterocycles. The quantitative estimate of drug-likeness (QED) is 0.427. The first-order valence-corrected chi connectivity index (χ1v) is 4.07. The second-order valence-electron chi connectivity index (χ2n) is 2.56. The van der Waals surface area contributed by atoms with Crippen LogP contribution in [0.4, 0.5) is 0 Å². The molecule has 0 atom stereocenters. The van der Waals surface area contributed by atoms with Gasteiger partial charge in [0.15, 0.2) is 0 Å². The van der Waals surface area contributed by atoms with Crippen LogP contribution in [0.15, 0.2) is 34.7 Å². The van der Waals surface area contributed by atoms with Gasteiger partial charge in [-0.15, -0.1) is 5.10 Å². The van der Waals surface area contributed by atoms with Gasteiger partial charge in [0.05, 0.1) is 6.21 Å². The molecule has 5 nitrogen and oxygen atoms in total. The predicted molar refractivity (Wildman–Crippen MR) is 55.3 cm³/mol. The lowest BCUT2D eigenvalue weighted by Crippen LogP contribution is -2.17. The molecule has 1 aromatic rings. The minimum atomic E-state index is 0.282. The van der Waals surface area contributed by atoms with Crippen LogP contribution in [0.5, 0.6) is 0 Å². The van der Waals surface area contributed by atoms with Crippen molar-refractivity contribution in [2.75, 3.05) is 13.7 Å². The van der Waals surface area contributed by atoms with E-state index < -0.39 is 0 Å². The largest absolute Gasteiger partial charge is 0.384 e. The van der Waals surface area contributed by atoms with Gasteiger partial charge in [-0.25, -0.2) is 0 Å². The van der Waals surface area contributed by atoms with Crippen molar-refractivity contribution >= 4 is 12.1 Å². The number of rotatable bonds is 4. The van der Waals surface area contributed by atoms with Gasteiger partial charge in [-0.3, -0.25) is 4.98 Å². The van der Waals surface area contributed by atoms with E-state index in [1.165, 1.54) is 0 Å². The van der Waals surface area contributed by atoms with E-state index in [9.17, 15) is 0 Å². The second kappa shape index (κ2) is 5.82. The van der Waals surface area contributed by atoms with Gasteiger partial charge < -0.3 is 10.5 Å². The summed E-state index contributed by atoms with van der Waals surface area (Å²) in [7, 11) is 1.55. The van der Waals surface area contributed by atoms with Gasteiger partial charge in [0.2, 0.25) is 0 Å². The molecule has 0 aromatic carbocycles. The van der Waals surface area contributed by atoms with Crippen LogP contribution in [-0.2, 0) is 4.74 Å². The van der Waals surface area contributed by atoms with Crippen LogP contribution in [-0.4, -0.2) is 30.8 Å². The first-order chi connectivity index (χ1) is 6.83. The zero-order valence-electron chi connectivity index (χ0n) is 7.92. The third kappa shape index (κ3) is 3.77. The van der Waals surface area contributed by atoms with Crippen molar-refractivity contribution < 1.29 is 4.74 Å². The summed E-state index contributed by atoms with van der Waals surface area (Å²) in [4.78, 5) is 3.92. The Morgan fingerprint density at radius 2 is 2.57 bits per heavy atom. The fraction of sp³-hybridized carbons (Fsp3) is 0.222. The minimum absolute atomic E-state index is 0.282. The summed E-state index contributed by atoms with van der Waals surface area (Å²) in [5.41, 5.74) is 6.32. The van der Waals surface area contributed by atoms with Crippen LogP contribution < -0.4 is 5.73 Å². The molecule has 2 N–H and O–H groups in total. The van der Waals surface area contributed by atoms with Gasteiger partial charge in [-0.2, -0.15) is 5.10 Å². The first kappa shape index (κ1) is 10.3. The zero-order chi connectivity index (χ0) is 10.2. The maximum atomic E-state index is 5.44. The first-order valence-electron chi connectivity index (χ1n) is 4.07. The van der Waals surface area contributed by atoms with E-state index in [4.69, 9.17) is 10.5 Å². The van der Waals surface area contributed by atoms with Crippen LogP contribution >= 0.6 is 0 Å². The Bertz CT molecular complexity index is 321. The number of nitrogens with two attached hydrogens (primary N) is 1. The summed E-state index contributed by atoms with van der Waals surface area (Å²) in [5, 5.41) is 7.50. The van der Waals surface area contributed by atoms with Crippen LogP contribution in [0.3, 0.4) is 0 Å². The number of pyridine rings is 1. The fourth-order valence-corrected chi connectivity index (χ4v) is 0.799. The molecule has 0 aliphatic carbocycles. The SMILES string of the molecule is COC/C(N)=N/N=C/c1cccnc1. The highest BCUT2D eigenvalue weighted by atomic mass is 16.5. The molecule has 5 heteroatoms. The standard InChI is InChI=1S/C9H12N4O/c1-14-7-9(10)13-12-6-8-3-2-4-11-5-8/h2-6H,7H2,1H3,(H2,10,13)/b12-6+.